The lowest BCUT2D eigenvalue weighted by Gasteiger charge is -2.17. The topological polar surface area (TPSA) is 204 Å². The Kier molecular flexibility index (Phi) is 8.24. The van der Waals surface area contributed by atoms with Crippen molar-refractivity contribution in [3.05, 3.63) is 33.2 Å². The number of anilines is 1. The minimum atomic E-state index is -2.51. The zero-order chi connectivity index (χ0) is 22.4. The summed E-state index contributed by atoms with van der Waals surface area (Å²) in [7, 11) is -2.51. The SMILES string of the molecule is CC(C)OC(=O)[C@H](C)N[P+](=O)OC[C@H]1O[C@@H](n2ccc(N)nc2=O)[C@H](N=[N+]=[N-])[C@@H]1O. The van der Waals surface area contributed by atoms with Gasteiger partial charge in [0.05, 0.1) is 12.2 Å². The van der Waals surface area contributed by atoms with Gasteiger partial charge in [0.2, 0.25) is 0 Å². The number of aliphatic hydroxyl groups is 1. The molecule has 14 nitrogen and oxygen atoms in total. The van der Waals surface area contributed by atoms with Gasteiger partial charge in [-0.25, -0.2) is 4.79 Å². The van der Waals surface area contributed by atoms with Crippen LogP contribution in [0.25, 0.3) is 10.4 Å². The predicted molar refractivity (Wildman–Crippen MR) is 103 cm³/mol. The molecule has 0 amide bonds. The second kappa shape index (κ2) is 10.4. The van der Waals surface area contributed by atoms with Crippen LogP contribution in [0.15, 0.2) is 22.2 Å². The number of aliphatic hydroxyl groups excluding tert-OH is 1. The average molecular weight is 444 g/mol. The van der Waals surface area contributed by atoms with E-state index in [-0.39, 0.29) is 18.5 Å². The molecule has 15 heteroatoms. The molecule has 2 rings (SSSR count). The number of nitrogens with zero attached hydrogens (tertiary/aromatic N) is 5. The largest absolute Gasteiger partial charge is 0.613 e. The number of hydrogen-bond donors (Lipinski definition) is 3. The molecule has 2 heterocycles. The molecule has 1 aromatic heterocycles. The van der Waals surface area contributed by atoms with Crippen molar-refractivity contribution in [3.8, 4) is 0 Å². The van der Waals surface area contributed by atoms with E-state index in [1.165, 1.54) is 19.2 Å². The molecule has 30 heavy (non-hydrogen) atoms. The Bertz CT molecular complexity index is 888. The molecular formula is C15H23N7O7P+. The lowest BCUT2D eigenvalue weighted by atomic mass is 10.1. The smallest absolute Gasteiger partial charge is 0.462 e. The molecule has 0 saturated carbocycles. The van der Waals surface area contributed by atoms with Gasteiger partial charge in [0.1, 0.15) is 36.8 Å². The van der Waals surface area contributed by atoms with E-state index in [0.29, 0.717) is 0 Å². The molecule has 1 unspecified atom stereocenters. The number of carbonyl (C=O) groups excluding carboxylic acids is 1. The summed E-state index contributed by atoms with van der Waals surface area (Å²) < 4.78 is 28.8. The molecule has 164 valence electrons. The van der Waals surface area contributed by atoms with Gasteiger partial charge in [0.15, 0.2) is 0 Å². The van der Waals surface area contributed by atoms with Crippen molar-refractivity contribution < 1.29 is 28.5 Å². The molecule has 1 aliphatic rings. The maximum absolute atomic E-state index is 12.1. The molecule has 6 atom stereocenters. The van der Waals surface area contributed by atoms with Crippen LogP contribution >= 0.6 is 8.18 Å². The fraction of sp³-hybridized carbons (Fsp3) is 0.667. The predicted octanol–water partition coefficient (Wildman–Crippen LogP) is 0.366. The highest BCUT2D eigenvalue weighted by Crippen LogP contribution is 2.33. The number of nitrogen functional groups attached to an aromatic ring is 1. The number of nitrogens with one attached hydrogen (secondary N) is 1. The van der Waals surface area contributed by atoms with Gasteiger partial charge in [0.25, 0.3) is 0 Å². The number of ether oxygens (including phenoxy) is 2. The zero-order valence-corrected chi connectivity index (χ0v) is 17.4. The van der Waals surface area contributed by atoms with E-state index in [1.54, 1.807) is 13.8 Å². The third-order valence-electron chi connectivity index (χ3n) is 4.01. The summed E-state index contributed by atoms with van der Waals surface area (Å²) in [5.74, 6) is -0.615. The molecule has 0 spiro atoms. The van der Waals surface area contributed by atoms with Crippen molar-refractivity contribution >= 4 is 20.0 Å². The second-order valence-electron chi connectivity index (χ2n) is 6.68. The van der Waals surface area contributed by atoms with Crippen LogP contribution in [0.4, 0.5) is 5.82 Å². The number of esters is 1. The molecular weight excluding hydrogens is 421 g/mol. The van der Waals surface area contributed by atoms with Crippen molar-refractivity contribution in [1.82, 2.24) is 14.6 Å². The lowest BCUT2D eigenvalue weighted by Crippen LogP contribution is -2.35. The summed E-state index contributed by atoms with van der Waals surface area (Å²) in [5.41, 5.74) is 13.5. The first kappa shape index (κ1) is 23.7. The monoisotopic (exact) mass is 444 g/mol. The van der Waals surface area contributed by atoms with E-state index in [4.69, 9.17) is 25.3 Å². The summed E-state index contributed by atoms with van der Waals surface area (Å²) >= 11 is 0. The van der Waals surface area contributed by atoms with Gasteiger partial charge in [-0.3, -0.25) is 9.36 Å². The Hall–Kier alpha value is -2.60. The highest BCUT2D eigenvalue weighted by Gasteiger charge is 2.46. The van der Waals surface area contributed by atoms with Gasteiger partial charge in [-0.1, -0.05) is 10.2 Å². The van der Waals surface area contributed by atoms with Crippen LogP contribution in [-0.2, 0) is 23.4 Å². The zero-order valence-electron chi connectivity index (χ0n) is 16.5. The molecule has 1 aliphatic heterocycles. The van der Waals surface area contributed by atoms with Crippen LogP contribution < -0.4 is 16.5 Å². The minimum absolute atomic E-state index is 0.0109. The highest BCUT2D eigenvalue weighted by molar-refractivity contribution is 7.36. The molecule has 1 saturated heterocycles. The first-order valence-corrected chi connectivity index (χ1v) is 10.1. The van der Waals surface area contributed by atoms with Gasteiger partial charge >= 0.3 is 19.8 Å². The summed E-state index contributed by atoms with van der Waals surface area (Å²) in [6.45, 7) is 4.44. The maximum atomic E-state index is 12.1. The first-order valence-electron chi connectivity index (χ1n) is 8.93. The number of nitrogens with two attached hydrogens (primary N) is 1. The van der Waals surface area contributed by atoms with E-state index < -0.39 is 50.4 Å². The summed E-state index contributed by atoms with van der Waals surface area (Å²) in [4.78, 5) is 30.0. The lowest BCUT2D eigenvalue weighted by molar-refractivity contribution is -0.149. The molecule has 0 radical (unpaired) electrons. The van der Waals surface area contributed by atoms with E-state index in [1.807, 2.05) is 0 Å². The standard InChI is InChI=1S/C15H22N7O7P/c1-7(2)28-14(24)8(3)20-30(26)27-6-9-12(23)11(19-21-17)13(29-9)22-5-4-10(16)18-15(22)25/h4-5,7-9,11-13,23H,6H2,1-3H3,(H2-,16,18,20,25,26)/p+1/t8-,9+,11+,12+,13+/m0/s1. The van der Waals surface area contributed by atoms with E-state index >= 15 is 0 Å². The Balaban J connectivity index is 2.02. The van der Waals surface area contributed by atoms with Gasteiger partial charge in [0, 0.05) is 11.1 Å². The number of azide groups is 1. The number of hydrogen-bond acceptors (Lipinski definition) is 10. The van der Waals surface area contributed by atoms with Crippen molar-refractivity contribution in [2.45, 2.75) is 57.4 Å². The highest BCUT2D eigenvalue weighted by atomic mass is 31.1. The van der Waals surface area contributed by atoms with Crippen LogP contribution in [0.3, 0.4) is 0 Å². The molecule has 0 aromatic carbocycles. The van der Waals surface area contributed by atoms with Crippen molar-refractivity contribution in [2.24, 2.45) is 5.11 Å². The number of rotatable bonds is 9. The van der Waals surface area contributed by atoms with Crippen molar-refractivity contribution in [1.29, 1.82) is 0 Å². The Morgan fingerprint density at radius 2 is 2.27 bits per heavy atom. The van der Waals surface area contributed by atoms with Crippen LogP contribution in [0.5, 0.6) is 0 Å². The first-order chi connectivity index (χ1) is 14.1. The van der Waals surface area contributed by atoms with Gasteiger partial charge in [-0.15, -0.1) is 4.52 Å². The van der Waals surface area contributed by atoms with Crippen LogP contribution in [0.1, 0.15) is 27.0 Å². The van der Waals surface area contributed by atoms with Crippen LogP contribution in [0, 0.1) is 0 Å². The molecule has 1 fully saturated rings. The Morgan fingerprint density at radius 1 is 1.57 bits per heavy atom. The molecule has 1 aromatic rings. The number of aromatic nitrogens is 2. The third-order valence-corrected chi connectivity index (χ3v) is 4.99. The van der Waals surface area contributed by atoms with E-state index in [9.17, 15) is 19.3 Å². The summed E-state index contributed by atoms with van der Waals surface area (Å²) in [5, 5.41) is 16.3. The quantitative estimate of drug-likeness (QED) is 0.157. The molecule has 0 bridgehead atoms. The van der Waals surface area contributed by atoms with Gasteiger partial charge in [-0.05, 0) is 36.9 Å². The Labute approximate surface area is 171 Å². The maximum Gasteiger partial charge on any atom is 0.613 e. The fourth-order valence-corrected chi connectivity index (χ4v) is 3.40. The average Bonchev–Trinajstić information content (AvgIpc) is 2.95. The van der Waals surface area contributed by atoms with Crippen molar-refractivity contribution in [3.63, 3.8) is 0 Å². The molecule has 0 aliphatic carbocycles. The van der Waals surface area contributed by atoms with Gasteiger partial charge < -0.3 is 20.3 Å². The van der Waals surface area contributed by atoms with E-state index in [0.717, 1.165) is 4.57 Å². The van der Waals surface area contributed by atoms with Crippen LogP contribution in [0.2, 0.25) is 0 Å². The van der Waals surface area contributed by atoms with Crippen LogP contribution in [-0.4, -0.2) is 57.6 Å². The normalized spacial score (nSPS) is 24.9. The van der Waals surface area contributed by atoms with Crippen molar-refractivity contribution in [2.75, 3.05) is 12.3 Å². The Morgan fingerprint density at radius 3 is 2.87 bits per heavy atom. The molecule has 4 N–H and O–H groups in total. The third kappa shape index (κ3) is 5.95. The van der Waals surface area contributed by atoms with Gasteiger partial charge in [-0.2, -0.15) is 4.98 Å². The minimum Gasteiger partial charge on any atom is -0.462 e. The summed E-state index contributed by atoms with van der Waals surface area (Å²) in [6, 6.07) is -0.724. The summed E-state index contributed by atoms with van der Waals surface area (Å²) in [6.07, 6.45) is -2.65. The fourth-order valence-electron chi connectivity index (χ4n) is 2.62. The van der Waals surface area contributed by atoms with E-state index in [2.05, 4.69) is 20.1 Å². The second-order valence-corrected chi connectivity index (χ2v) is 7.71. The number of carbonyl (C=O) groups is 1.